The first kappa shape index (κ1) is 124. The summed E-state index contributed by atoms with van der Waals surface area (Å²) in [5, 5.41) is 0. The molecule has 0 spiro atoms. The highest BCUT2D eigenvalue weighted by molar-refractivity contribution is 4.19. The predicted molar refractivity (Wildman–Crippen MR) is 370 cm³/mol. The van der Waals surface area contributed by atoms with Crippen molar-refractivity contribution in [1.82, 2.24) is 0 Å². The molecule has 0 nitrogen and oxygen atoms in total. The Hall–Kier alpha value is 0. The summed E-state index contributed by atoms with van der Waals surface area (Å²) in [6.45, 7) is 78.5. The van der Waals surface area contributed by atoms with Gasteiger partial charge in [-0.3, -0.25) is 0 Å². The van der Waals surface area contributed by atoms with Crippen molar-refractivity contribution in [3.63, 3.8) is 0 Å². The number of unbranched alkanes of at least 4 members (excludes halogenated alkanes) is 18. The van der Waals surface area contributed by atoms with Gasteiger partial charge in [-0.2, -0.15) is 0 Å². The second-order valence-corrected chi connectivity index (χ2v) is 18.0. The smallest absolute Gasteiger partial charge is 0.0564 e. The Morgan fingerprint density at radius 2 is 0.0694 bits per heavy atom. The molecule has 0 aliphatic carbocycles. The zero-order chi connectivity index (χ0) is 61.5. The third-order valence-electron chi connectivity index (χ3n) is 9.00. The van der Waals surface area contributed by atoms with Gasteiger partial charge < -0.3 is 0 Å². The molecule has 0 aromatic rings. The molecule has 0 amide bonds. The lowest BCUT2D eigenvalue weighted by Gasteiger charge is -1.68. The maximum absolute atomic E-state index is 2.18. The fraction of sp³-hybridized carbons (Fsp3) is 1.00. The fourth-order valence-electron chi connectivity index (χ4n) is 0. The minimum Gasteiger partial charge on any atom is -0.0654 e. The van der Waals surface area contributed by atoms with Crippen LogP contribution in [0, 0.1) is 0 Å². The van der Waals surface area contributed by atoms with Crippen LogP contribution < -0.4 is 0 Å². The van der Waals surface area contributed by atoms with Gasteiger partial charge in [0.05, 0.1) is 0 Å². The first-order chi connectivity index (χ1) is 34.5. The Morgan fingerprint density at radius 3 is 0.0694 bits per heavy atom. The first-order valence-electron chi connectivity index (χ1n) is 34.5. The van der Waals surface area contributed by atoms with E-state index < -0.39 is 0 Å². The topological polar surface area (TPSA) is 0 Å². The van der Waals surface area contributed by atoms with Gasteiger partial charge >= 0.3 is 0 Å². The van der Waals surface area contributed by atoms with Gasteiger partial charge in [0.2, 0.25) is 0 Å². The molecule has 0 fully saturated rings. The van der Waals surface area contributed by atoms with Gasteiger partial charge in [-0.05, 0) is 0 Å². The van der Waals surface area contributed by atoms with Crippen LogP contribution in [-0.2, 0) is 0 Å². The number of hydrogen-bond acceptors (Lipinski definition) is 0. The van der Waals surface area contributed by atoms with Crippen LogP contribution in [0.5, 0.6) is 0 Å². The summed E-state index contributed by atoms with van der Waals surface area (Å²) in [6.07, 6.45) is 47.5. The molecule has 0 heteroatoms. The summed E-state index contributed by atoms with van der Waals surface area (Å²) < 4.78 is 0. The highest BCUT2D eigenvalue weighted by Crippen LogP contribution is 1.83. The largest absolute Gasteiger partial charge is 0.0654 e. The minimum atomic E-state index is 1.32. The van der Waals surface area contributed by atoms with Crippen molar-refractivity contribution in [3.8, 4) is 0 Å². The molecular formula is C72H180. The van der Waals surface area contributed by atoms with Crippen molar-refractivity contribution in [3.05, 3.63) is 0 Å². The maximum Gasteiger partial charge on any atom is -0.0564 e. The lowest BCUT2D eigenvalue weighted by Crippen LogP contribution is -1.47. The lowest BCUT2D eigenvalue weighted by atomic mass is 10.4. The molecule has 72 heavy (non-hydrogen) atoms. The zero-order valence-electron chi connectivity index (χ0n) is 61.5. The van der Waals surface area contributed by atoms with Crippen molar-refractivity contribution < 1.29 is 0 Å². The third kappa shape index (κ3) is 1030. The maximum atomic E-state index is 2.18. The van der Waals surface area contributed by atoms with Crippen LogP contribution in [0.3, 0.4) is 0 Å². The molecule has 0 heterocycles. The standard InChI is InChI=1S/18C4H10/c18*1-3-4-2/h18*3-4H2,1-2H3. The summed E-state index contributed by atoms with van der Waals surface area (Å²) >= 11 is 0. The molecule has 0 saturated carbocycles. The molecule has 0 atom stereocenters. The highest BCUT2D eigenvalue weighted by atomic mass is 13.7. The van der Waals surface area contributed by atoms with E-state index in [9.17, 15) is 0 Å². The zero-order valence-corrected chi connectivity index (χ0v) is 61.5. The Balaban J connectivity index is -0.0000000268. The quantitative estimate of drug-likeness (QED) is 0.128. The highest BCUT2D eigenvalue weighted by Gasteiger charge is 1.62. The van der Waals surface area contributed by atoms with Crippen LogP contribution in [0.15, 0.2) is 0 Å². The van der Waals surface area contributed by atoms with E-state index in [1.807, 2.05) is 0 Å². The third-order valence-corrected chi connectivity index (χ3v) is 9.00. The molecule has 0 N–H and O–H groups in total. The van der Waals surface area contributed by atoms with Crippen molar-refractivity contribution in [1.29, 1.82) is 0 Å². The summed E-state index contributed by atoms with van der Waals surface area (Å²) in [5.74, 6) is 0. The van der Waals surface area contributed by atoms with Gasteiger partial charge in [0, 0.05) is 0 Å². The van der Waals surface area contributed by atoms with Crippen molar-refractivity contribution in [2.45, 2.75) is 480 Å². The molecule has 0 unspecified atom stereocenters. The molecular weight excluding hydrogens is 865 g/mol. The number of hydrogen-bond donors (Lipinski definition) is 0. The summed E-state index contributed by atoms with van der Waals surface area (Å²) in [4.78, 5) is 0. The van der Waals surface area contributed by atoms with E-state index in [1.54, 1.807) is 0 Å². The first-order valence-corrected chi connectivity index (χ1v) is 34.5. The summed E-state index contributed by atoms with van der Waals surface area (Å²) in [6, 6.07) is 0. The minimum absolute atomic E-state index is 1.32. The molecule has 0 radical (unpaired) electrons. The van der Waals surface area contributed by atoms with Crippen LogP contribution in [0.1, 0.15) is 480 Å². The van der Waals surface area contributed by atoms with E-state index in [0.29, 0.717) is 0 Å². The number of rotatable bonds is 18. The van der Waals surface area contributed by atoms with Gasteiger partial charge in [-0.1, -0.05) is 480 Å². The molecule has 0 saturated heterocycles. The second-order valence-electron chi connectivity index (χ2n) is 18.0. The van der Waals surface area contributed by atoms with E-state index in [-0.39, 0.29) is 0 Å². The Kier molecular flexibility index (Phi) is 464. The fourth-order valence-corrected chi connectivity index (χ4v) is 0. The van der Waals surface area contributed by atoms with Crippen LogP contribution in [-0.4, -0.2) is 0 Å². The van der Waals surface area contributed by atoms with Crippen molar-refractivity contribution in [2.24, 2.45) is 0 Å². The molecule has 0 aliphatic heterocycles. The average molecular weight is 1050 g/mol. The molecule has 0 aromatic heterocycles. The normalized spacial score (nSPS) is 7.50. The SMILES string of the molecule is CCCC.CCCC.CCCC.CCCC.CCCC.CCCC.CCCC.CCCC.CCCC.CCCC.CCCC.CCCC.CCCC.CCCC.CCCC.CCCC.CCCC.CCCC. The van der Waals surface area contributed by atoms with Crippen LogP contribution in [0.2, 0.25) is 0 Å². The van der Waals surface area contributed by atoms with Crippen molar-refractivity contribution >= 4 is 0 Å². The van der Waals surface area contributed by atoms with E-state index in [1.165, 1.54) is 231 Å². The predicted octanol–water partition coefficient (Wildman–Crippen LogP) is 32.5. The van der Waals surface area contributed by atoms with Gasteiger partial charge in [-0.25, -0.2) is 0 Å². The molecule has 0 rings (SSSR count). The summed E-state index contributed by atoms with van der Waals surface area (Å²) in [7, 11) is 0. The van der Waals surface area contributed by atoms with Crippen molar-refractivity contribution in [2.75, 3.05) is 0 Å². The van der Waals surface area contributed by atoms with Crippen LogP contribution in [0.4, 0.5) is 0 Å². The lowest BCUT2D eigenvalue weighted by molar-refractivity contribution is 0.886. The van der Waals surface area contributed by atoms with E-state index in [0.717, 1.165) is 0 Å². The Bertz CT molecular complexity index is 186. The monoisotopic (exact) mass is 1050 g/mol. The van der Waals surface area contributed by atoms with Gasteiger partial charge in [0.25, 0.3) is 0 Å². The molecule has 0 aromatic carbocycles. The van der Waals surface area contributed by atoms with Crippen LogP contribution >= 0.6 is 0 Å². The Labute approximate surface area is 478 Å². The molecule has 468 valence electrons. The van der Waals surface area contributed by atoms with Gasteiger partial charge in [0.1, 0.15) is 0 Å². The van der Waals surface area contributed by atoms with E-state index in [4.69, 9.17) is 0 Å². The van der Waals surface area contributed by atoms with E-state index >= 15 is 0 Å². The second kappa shape index (κ2) is 268. The van der Waals surface area contributed by atoms with Crippen LogP contribution in [0.25, 0.3) is 0 Å². The average Bonchev–Trinajstić information content (AvgIpc) is 3.47. The molecule has 0 bridgehead atoms. The van der Waals surface area contributed by atoms with E-state index in [2.05, 4.69) is 249 Å². The molecule has 0 aliphatic rings. The van der Waals surface area contributed by atoms with Gasteiger partial charge in [-0.15, -0.1) is 0 Å². The van der Waals surface area contributed by atoms with Gasteiger partial charge in [0.15, 0.2) is 0 Å². The summed E-state index contributed by atoms with van der Waals surface area (Å²) in [5.41, 5.74) is 0. The Morgan fingerprint density at radius 1 is 0.0556 bits per heavy atom.